The lowest BCUT2D eigenvalue weighted by molar-refractivity contribution is -0.135. The highest BCUT2D eigenvalue weighted by Gasteiger charge is 2.52. The number of rotatable bonds is 4. The molecule has 4 amide bonds. The summed E-state index contributed by atoms with van der Waals surface area (Å²) in [5.41, 5.74) is 1.41. The Kier molecular flexibility index (Phi) is 4.30. The number of carbonyl (C=O) groups is 3. The van der Waals surface area contributed by atoms with Crippen molar-refractivity contribution in [2.24, 2.45) is 0 Å². The molecule has 3 rings (SSSR count). The Hall–Kier alpha value is -2.37. The maximum absolute atomic E-state index is 12.9. The van der Waals surface area contributed by atoms with Gasteiger partial charge in [0.15, 0.2) is 0 Å². The highest BCUT2D eigenvalue weighted by molar-refractivity contribution is 6.09. The monoisotopic (exact) mass is 329 g/mol. The molecule has 0 bridgehead atoms. The predicted octanol–water partition coefficient (Wildman–Crippen LogP) is 1.38. The van der Waals surface area contributed by atoms with E-state index in [1.165, 1.54) is 5.56 Å². The molecule has 2 aliphatic rings. The zero-order chi connectivity index (χ0) is 17.3. The molecule has 24 heavy (non-hydrogen) atoms. The third kappa shape index (κ3) is 2.88. The van der Waals surface area contributed by atoms with Crippen molar-refractivity contribution >= 4 is 17.8 Å². The Morgan fingerprint density at radius 2 is 2.04 bits per heavy atom. The number of urea groups is 1. The Bertz CT molecular complexity index is 688. The number of aryl methyl sites for hydroxylation is 1. The van der Waals surface area contributed by atoms with E-state index in [1.807, 2.05) is 32.0 Å². The van der Waals surface area contributed by atoms with Gasteiger partial charge >= 0.3 is 6.03 Å². The Balaban J connectivity index is 1.74. The van der Waals surface area contributed by atoms with E-state index < -0.39 is 11.6 Å². The smallest absolute Gasteiger partial charge is 0.325 e. The maximum atomic E-state index is 12.9. The molecule has 2 atom stereocenters. The molecule has 0 saturated carbocycles. The van der Waals surface area contributed by atoms with Crippen LogP contribution in [0.2, 0.25) is 0 Å². The third-order valence-electron chi connectivity index (χ3n) is 5.00. The van der Waals surface area contributed by atoms with Crippen molar-refractivity contribution in [3.8, 4) is 0 Å². The van der Waals surface area contributed by atoms with E-state index in [0.29, 0.717) is 12.8 Å². The molecule has 6 nitrogen and oxygen atoms in total. The minimum Gasteiger partial charge on any atom is -0.352 e. The first kappa shape index (κ1) is 16.5. The van der Waals surface area contributed by atoms with Gasteiger partial charge in [0.05, 0.1) is 0 Å². The number of hydrogen-bond acceptors (Lipinski definition) is 3. The van der Waals surface area contributed by atoms with Gasteiger partial charge < -0.3 is 10.6 Å². The van der Waals surface area contributed by atoms with Crippen LogP contribution in [0.1, 0.15) is 37.8 Å². The molecule has 1 fully saturated rings. The van der Waals surface area contributed by atoms with E-state index >= 15 is 0 Å². The second-order valence-corrected chi connectivity index (χ2v) is 6.73. The molecule has 1 aliphatic carbocycles. The van der Waals surface area contributed by atoms with Gasteiger partial charge in [-0.25, -0.2) is 4.79 Å². The average molecular weight is 329 g/mol. The van der Waals surface area contributed by atoms with Gasteiger partial charge in [0.25, 0.3) is 5.91 Å². The van der Waals surface area contributed by atoms with Crippen molar-refractivity contribution < 1.29 is 14.4 Å². The molecule has 1 aromatic rings. The first-order chi connectivity index (χ1) is 11.4. The van der Waals surface area contributed by atoms with Crippen molar-refractivity contribution in [1.82, 2.24) is 15.5 Å². The van der Waals surface area contributed by atoms with Gasteiger partial charge in [-0.2, -0.15) is 0 Å². The van der Waals surface area contributed by atoms with E-state index in [4.69, 9.17) is 0 Å². The average Bonchev–Trinajstić information content (AvgIpc) is 2.78. The van der Waals surface area contributed by atoms with Crippen molar-refractivity contribution in [2.45, 2.75) is 51.1 Å². The lowest BCUT2D eigenvalue weighted by atomic mass is 9.78. The Morgan fingerprint density at radius 1 is 1.33 bits per heavy atom. The summed E-state index contributed by atoms with van der Waals surface area (Å²) in [6.07, 6.45) is 2.59. The molecule has 6 heteroatoms. The second kappa shape index (κ2) is 6.26. The Labute approximate surface area is 141 Å². The van der Waals surface area contributed by atoms with E-state index in [9.17, 15) is 14.4 Å². The molecule has 1 aromatic carbocycles. The molecule has 1 heterocycles. The van der Waals surface area contributed by atoms with Gasteiger partial charge in [-0.1, -0.05) is 31.2 Å². The molecule has 128 valence electrons. The van der Waals surface area contributed by atoms with Crippen molar-refractivity contribution in [1.29, 1.82) is 0 Å². The highest BCUT2D eigenvalue weighted by atomic mass is 16.2. The number of amides is 4. The fourth-order valence-corrected chi connectivity index (χ4v) is 3.41. The molecular weight excluding hydrogens is 306 g/mol. The number of nitrogens with one attached hydrogen (secondary N) is 2. The molecule has 0 radical (unpaired) electrons. The van der Waals surface area contributed by atoms with Gasteiger partial charge in [0, 0.05) is 12.5 Å². The van der Waals surface area contributed by atoms with Crippen LogP contribution < -0.4 is 10.6 Å². The summed E-state index contributed by atoms with van der Waals surface area (Å²) >= 11 is 0. The van der Waals surface area contributed by atoms with Gasteiger partial charge in [-0.15, -0.1) is 0 Å². The number of fused-ring (bicyclic) bond motifs is 1. The van der Waals surface area contributed by atoms with Crippen LogP contribution in [0, 0.1) is 0 Å². The lowest BCUT2D eigenvalue weighted by Crippen LogP contribution is -2.51. The third-order valence-corrected chi connectivity index (χ3v) is 5.00. The summed E-state index contributed by atoms with van der Waals surface area (Å²) in [4.78, 5) is 38.2. The molecule has 2 N–H and O–H groups in total. The van der Waals surface area contributed by atoms with E-state index in [-0.39, 0.29) is 24.4 Å². The van der Waals surface area contributed by atoms with E-state index in [1.54, 1.807) is 0 Å². The van der Waals surface area contributed by atoms with Crippen LogP contribution in [0.25, 0.3) is 0 Å². The SMILES string of the molecule is CC[C@@H](C)NC(=O)CN1C(=O)N[C@@]2(CCc3ccccc3C2)C1=O. The summed E-state index contributed by atoms with van der Waals surface area (Å²) in [5.74, 6) is -0.595. The quantitative estimate of drug-likeness (QED) is 0.819. The van der Waals surface area contributed by atoms with Crippen LogP contribution in [0.15, 0.2) is 24.3 Å². The first-order valence-electron chi connectivity index (χ1n) is 8.45. The van der Waals surface area contributed by atoms with Crippen LogP contribution in [0.3, 0.4) is 0 Å². The molecule has 1 spiro atoms. The van der Waals surface area contributed by atoms with Gasteiger partial charge in [-0.05, 0) is 37.3 Å². The summed E-state index contributed by atoms with van der Waals surface area (Å²) in [6.45, 7) is 3.63. The van der Waals surface area contributed by atoms with Crippen molar-refractivity contribution in [2.75, 3.05) is 6.54 Å². The molecule has 1 saturated heterocycles. The number of carbonyl (C=O) groups excluding carboxylic acids is 3. The van der Waals surface area contributed by atoms with Crippen LogP contribution in [0.5, 0.6) is 0 Å². The summed E-state index contributed by atoms with van der Waals surface area (Å²) in [6, 6.07) is 7.52. The van der Waals surface area contributed by atoms with E-state index in [0.717, 1.165) is 23.3 Å². The van der Waals surface area contributed by atoms with Crippen LogP contribution >= 0.6 is 0 Å². The van der Waals surface area contributed by atoms with Crippen molar-refractivity contribution in [3.63, 3.8) is 0 Å². The summed E-state index contributed by atoms with van der Waals surface area (Å²) in [5, 5.41) is 5.63. The minimum atomic E-state index is -0.901. The molecule has 0 unspecified atom stereocenters. The van der Waals surface area contributed by atoms with Crippen LogP contribution in [-0.2, 0) is 22.4 Å². The zero-order valence-electron chi connectivity index (χ0n) is 14.1. The normalized spacial score (nSPS) is 23.8. The summed E-state index contributed by atoms with van der Waals surface area (Å²) < 4.78 is 0. The minimum absolute atomic E-state index is 0.0220. The van der Waals surface area contributed by atoms with E-state index in [2.05, 4.69) is 16.7 Å². The topological polar surface area (TPSA) is 78.5 Å². The van der Waals surface area contributed by atoms with Crippen LogP contribution in [0.4, 0.5) is 4.79 Å². The van der Waals surface area contributed by atoms with Gasteiger partial charge in [-0.3, -0.25) is 14.5 Å². The molecular formula is C18H23N3O3. The standard InChI is InChI=1S/C18H23N3O3/c1-3-12(2)19-15(22)11-21-16(23)18(20-17(21)24)9-8-13-6-4-5-7-14(13)10-18/h4-7,12H,3,8-11H2,1-2H3,(H,19,22)(H,20,24)/t12-,18-/m1/s1. The predicted molar refractivity (Wildman–Crippen MR) is 89.3 cm³/mol. The van der Waals surface area contributed by atoms with Crippen molar-refractivity contribution in [3.05, 3.63) is 35.4 Å². The highest BCUT2D eigenvalue weighted by Crippen LogP contribution is 2.33. The zero-order valence-corrected chi connectivity index (χ0v) is 14.1. The summed E-state index contributed by atoms with van der Waals surface area (Å²) in [7, 11) is 0. The lowest BCUT2D eigenvalue weighted by Gasteiger charge is -2.32. The number of imide groups is 1. The second-order valence-electron chi connectivity index (χ2n) is 6.73. The maximum Gasteiger partial charge on any atom is 0.325 e. The Morgan fingerprint density at radius 3 is 2.75 bits per heavy atom. The molecule has 1 aliphatic heterocycles. The first-order valence-corrected chi connectivity index (χ1v) is 8.45. The van der Waals surface area contributed by atoms with Crippen LogP contribution in [-0.4, -0.2) is 40.9 Å². The number of hydrogen-bond donors (Lipinski definition) is 2. The molecule has 0 aromatic heterocycles. The van der Waals surface area contributed by atoms with Gasteiger partial charge in [0.1, 0.15) is 12.1 Å². The van der Waals surface area contributed by atoms with Gasteiger partial charge in [0.2, 0.25) is 5.91 Å². The fourth-order valence-electron chi connectivity index (χ4n) is 3.41. The largest absolute Gasteiger partial charge is 0.352 e. The number of nitrogens with zero attached hydrogens (tertiary/aromatic N) is 1. The number of benzene rings is 1. The fraction of sp³-hybridized carbons (Fsp3) is 0.500.